The van der Waals surface area contributed by atoms with E-state index in [1.54, 1.807) is 4.90 Å². The molecule has 0 aliphatic rings. The number of hydrogen-bond acceptors (Lipinski definition) is 5. The van der Waals surface area contributed by atoms with E-state index in [4.69, 9.17) is 14.9 Å². The summed E-state index contributed by atoms with van der Waals surface area (Å²) in [5.41, 5.74) is 0. The van der Waals surface area contributed by atoms with Gasteiger partial charge in [-0.2, -0.15) is 0 Å². The molecule has 0 unspecified atom stereocenters. The van der Waals surface area contributed by atoms with Gasteiger partial charge in [-0.05, 0) is 6.42 Å². The first-order valence-electron chi connectivity index (χ1n) is 7.46. The Morgan fingerprint density at radius 2 is 1.75 bits per heavy atom. The number of nitrogens with zero attached hydrogens (tertiary/aromatic N) is 1. The number of aliphatic carboxylic acids is 2. The third-order valence-electron chi connectivity index (χ3n) is 2.89. The molecule has 24 heavy (non-hydrogen) atoms. The van der Waals surface area contributed by atoms with E-state index in [9.17, 15) is 14.4 Å². The summed E-state index contributed by atoms with van der Waals surface area (Å²) >= 11 is 0. The van der Waals surface area contributed by atoms with E-state index in [1.807, 2.05) is 0 Å². The first-order chi connectivity index (χ1) is 10.5. The maximum absolute atomic E-state index is 11.5. The third-order valence-corrected chi connectivity index (χ3v) is 2.89. The predicted molar refractivity (Wildman–Crippen MR) is 81.9 cm³/mol. The van der Waals surface area contributed by atoms with Gasteiger partial charge in [0.05, 0.1) is 13.2 Å². The van der Waals surface area contributed by atoms with Crippen LogP contribution in [0.25, 0.3) is 0 Å². The van der Waals surface area contributed by atoms with Crippen molar-refractivity contribution >= 4 is 17.8 Å². The second-order valence-corrected chi connectivity index (χ2v) is 4.92. The molecule has 3 N–H and O–H groups in total. The molecule has 0 rings (SSSR count). The fraction of sp³-hybridized carbons (Fsp3) is 0.786. The Kier molecular flexibility index (Phi) is 23.8. The molecular formula is C14H28N2Na2O6. The Bertz CT molecular complexity index is 368. The molecule has 8 nitrogen and oxygen atoms in total. The van der Waals surface area contributed by atoms with Gasteiger partial charge in [0.15, 0.2) is 0 Å². The minimum Gasteiger partial charge on any atom is -1.00 e. The largest absolute Gasteiger partial charge is 1.00 e. The minimum absolute atomic E-state index is 0. The van der Waals surface area contributed by atoms with E-state index >= 15 is 0 Å². The van der Waals surface area contributed by atoms with Crippen molar-refractivity contribution in [2.24, 2.45) is 0 Å². The molecule has 0 saturated heterocycles. The monoisotopic (exact) mass is 366 g/mol. The molecule has 0 aromatic heterocycles. The second kappa shape index (κ2) is 19.7. The number of carbonyl (C=O) groups is 3. The number of rotatable bonds is 14. The summed E-state index contributed by atoms with van der Waals surface area (Å²) in [7, 11) is 0. The van der Waals surface area contributed by atoms with Gasteiger partial charge in [-0.3, -0.25) is 14.5 Å². The number of hydrogen-bond donors (Lipinski definition) is 3. The van der Waals surface area contributed by atoms with Crippen molar-refractivity contribution in [1.29, 1.82) is 0 Å². The topological polar surface area (TPSA) is 116 Å². The number of unbranched alkanes of at least 4 members (excludes halogenated alkanes) is 2. The zero-order valence-electron chi connectivity index (χ0n) is 17.0. The van der Waals surface area contributed by atoms with Gasteiger partial charge in [-0.1, -0.05) is 19.8 Å². The van der Waals surface area contributed by atoms with Crippen LogP contribution in [0.3, 0.4) is 0 Å². The van der Waals surface area contributed by atoms with Gasteiger partial charge in [0.1, 0.15) is 6.61 Å². The van der Waals surface area contributed by atoms with E-state index in [0.29, 0.717) is 26.1 Å². The molecule has 0 heterocycles. The van der Waals surface area contributed by atoms with Gasteiger partial charge in [0.25, 0.3) is 0 Å². The van der Waals surface area contributed by atoms with Crippen LogP contribution in [-0.4, -0.2) is 72.4 Å². The van der Waals surface area contributed by atoms with E-state index in [-0.39, 0.29) is 81.0 Å². The minimum atomic E-state index is -1.07. The number of nitrogens with one attached hydrogen (secondary N) is 1. The zero-order chi connectivity index (χ0) is 16.8. The average Bonchev–Trinajstić information content (AvgIpc) is 2.42. The predicted octanol–water partition coefficient (Wildman–Crippen LogP) is -5.60. The molecule has 0 fully saturated rings. The summed E-state index contributed by atoms with van der Waals surface area (Å²) in [6, 6.07) is 0. The summed E-state index contributed by atoms with van der Waals surface area (Å²) in [6.45, 7) is 2.64. The van der Waals surface area contributed by atoms with Gasteiger partial charge in [-0.15, -0.1) is 0 Å². The van der Waals surface area contributed by atoms with Crippen LogP contribution in [-0.2, 0) is 19.1 Å². The van der Waals surface area contributed by atoms with Crippen molar-refractivity contribution in [3.05, 3.63) is 0 Å². The zero-order valence-corrected chi connectivity index (χ0v) is 19.0. The molecule has 10 heteroatoms. The van der Waals surface area contributed by atoms with Gasteiger partial charge < -0.3 is 23.1 Å². The van der Waals surface area contributed by atoms with Crippen LogP contribution in [0.2, 0.25) is 0 Å². The van der Waals surface area contributed by atoms with Crippen LogP contribution in [0.4, 0.5) is 0 Å². The number of carboxylic acid groups (broad SMARTS) is 2. The van der Waals surface area contributed by atoms with Crippen molar-refractivity contribution in [1.82, 2.24) is 10.2 Å². The Labute approximate surface area is 190 Å². The summed E-state index contributed by atoms with van der Waals surface area (Å²) < 4.78 is 4.88. The summed E-state index contributed by atoms with van der Waals surface area (Å²) in [6.07, 6.45) is 3.40. The maximum Gasteiger partial charge on any atom is 1.00 e. The maximum atomic E-state index is 11.5. The van der Waals surface area contributed by atoms with Gasteiger partial charge in [-0.25, -0.2) is 4.79 Å². The number of carboxylic acids is 2. The van der Waals surface area contributed by atoms with Crippen LogP contribution in [0, 0.1) is 0 Å². The standard InChI is InChI=1S/C14H26N2O6.2Na.2H/c1-2-3-4-5-12(17)15-6-7-16(10-13(18)19)8-9-22-11-14(20)21;;;;/h2-11H2,1H3,(H,15,17)(H,18,19)(H,20,21);;;;/q;2*+1;2*-1. The van der Waals surface area contributed by atoms with E-state index in [0.717, 1.165) is 19.3 Å². The van der Waals surface area contributed by atoms with Crippen LogP contribution in [0.1, 0.15) is 35.5 Å². The molecule has 0 bridgehead atoms. The first kappa shape index (κ1) is 29.1. The summed E-state index contributed by atoms with van der Waals surface area (Å²) in [5, 5.41) is 20.0. The molecule has 0 atom stereocenters. The Morgan fingerprint density at radius 1 is 1.08 bits per heavy atom. The van der Waals surface area contributed by atoms with Gasteiger partial charge in [0.2, 0.25) is 5.91 Å². The second-order valence-electron chi connectivity index (χ2n) is 4.92. The van der Waals surface area contributed by atoms with Crippen LogP contribution in [0.5, 0.6) is 0 Å². The van der Waals surface area contributed by atoms with Crippen LogP contribution >= 0.6 is 0 Å². The molecule has 0 saturated carbocycles. The van der Waals surface area contributed by atoms with Crippen LogP contribution < -0.4 is 64.4 Å². The van der Waals surface area contributed by atoms with Crippen molar-refractivity contribution in [2.45, 2.75) is 32.6 Å². The molecule has 132 valence electrons. The Morgan fingerprint density at radius 3 is 2.29 bits per heavy atom. The van der Waals surface area contributed by atoms with Crippen molar-refractivity contribution in [3.63, 3.8) is 0 Å². The summed E-state index contributed by atoms with van der Waals surface area (Å²) in [4.78, 5) is 34.2. The molecule has 0 aromatic rings. The molecule has 0 aromatic carbocycles. The van der Waals surface area contributed by atoms with Gasteiger partial charge >= 0.3 is 71.1 Å². The molecule has 0 aliphatic heterocycles. The molecule has 1 amide bonds. The number of amides is 1. The fourth-order valence-electron chi connectivity index (χ4n) is 1.79. The number of ether oxygens (including phenoxy) is 1. The van der Waals surface area contributed by atoms with E-state index in [1.165, 1.54) is 0 Å². The fourth-order valence-corrected chi connectivity index (χ4v) is 1.79. The quantitative estimate of drug-likeness (QED) is 0.207. The molecule has 0 radical (unpaired) electrons. The van der Waals surface area contributed by atoms with Crippen molar-refractivity contribution in [2.75, 3.05) is 39.4 Å². The summed E-state index contributed by atoms with van der Waals surface area (Å²) in [5.74, 6) is -2.08. The third kappa shape index (κ3) is 20.4. The van der Waals surface area contributed by atoms with Gasteiger partial charge in [0, 0.05) is 26.1 Å². The normalized spacial score (nSPS) is 9.75. The molecular weight excluding hydrogens is 338 g/mol. The van der Waals surface area contributed by atoms with E-state index in [2.05, 4.69) is 12.2 Å². The first-order valence-corrected chi connectivity index (χ1v) is 7.46. The Balaban J connectivity index is -0.000000367. The van der Waals surface area contributed by atoms with Crippen molar-refractivity contribution in [3.8, 4) is 0 Å². The molecule has 0 aliphatic carbocycles. The van der Waals surface area contributed by atoms with Crippen LogP contribution in [0.15, 0.2) is 0 Å². The molecule has 0 spiro atoms. The number of carbonyl (C=O) groups excluding carboxylic acids is 1. The Hall–Kier alpha value is 0.330. The van der Waals surface area contributed by atoms with E-state index < -0.39 is 18.5 Å². The SMILES string of the molecule is CCCCCC(=O)NCCN(CCOCC(=O)O)CC(=O)O.[H-].[H-].[Na+].[Na+]. The average molecular weight is 366 g/mol. The smallest absolute Gasteiger partial charge is 1.00 e. The van der Waals surface area contributed by atoms with Crippen molar-refractivity contribution < 1.29 is 91.3 Å².